The Morgan fingerprint density at radius 2 is 1.96 bits per heavy atom. The van der Waals surface area contributed by atoms with Crippen molar-refractivity contribution in [2.45, 2.75) is 6.42 Å². The normalized spacial score (nSPS) is 10.5. The lowest BCUT2D eigenvalue weighted by Crippen LogP contribution is -2.17. The van der Waals surface area contributed by atoms with E-state index in [1.807, 2.05) is 14.1 Å². The van der Waals surface area contributed by atoms with E-state index in [4.69, 9.17) is 9.47 Å². The van der Waals surface area contributed by atoms with Crippen LogP contribution in [0, 0.1) is 0 Å². The molecule has 0 fully saturated rings. The van der Waals surface area contributed by atoms with Gasteiger partial charge in [-0.15, -0.1) is 0 Å². The molecule has 0 atom stereocenters. The van der Waals surface area contributed by atoms with Crippen LogP contribution in [0.2, 0.25) is 0 Å². The van der Waals surface area contributed by atoms with Crippen molar-refractivity contribution in [2.24, 2.45) is 0 Å². The molecule has 1 aromatic heterocycles. The van der Waals surface area contributed by atoms with Crippen molar-refractivity contribution < 1.29 is 14.3 Å². The zero-order chi connectivity index (χ0) is 18.9. The number of hydrogen-bond donors (Lipinski definition) is 2. The van der Waals surface area contributed by atoms with Crippen LogP contribution in [0.4, 0.5) is 11.5 Å². The predicted octanol–water partition coefficient (Wildman–Crippen LogP) is 2.11. The first kappa shape index (κ1) is 19.5. The summed E-state index contributed by atoms with van der Waals surface area (Å²) in [6.45, 7) is 1.78. The number of methoxy groups -OCH3 is 2. The van der Waals surface area contributed by atoms with Gasteiger partial charge in [-0.25, -0.2) is 9.97 Å². The Bertz CT molecular complexity index is 719. The van der Waals surface area contributed by atoms with E-state index in [2.05, 4.69) is 25.5 Å². The Balaban J connectivity index is 1.95. The van der Waals surface area contributed by atoms with Gasteiger partial charge in [-0.2, -0.15) is 0 Å². The molecule has 1 aromatic carbocycles. The molecular formula is C18H25N5O3. The van der Waals surface area contributed by atoms with E-state index in [1.54, 1.807) is 31.5 Å². The summed E-state index contributed by atoms with van der Waals surface area (Å²) in [7, 11) is 7.16. The lowest BCUT2D eigenvalue weighted by molar-refractivity contribution is 0.102. The number of carbonyl (C=O) groups excluding carboxylic acids is 1. The molecule has 2 aromatic rings. The number of nitrogens with one attached hydrogen (secondary N) is 2. The molecule has 26 heavy (non-hydrogen) atoms. The average Bonchev–Trinajstić information content (AvgIpc) is 2.65. The maximum Gasteiger partial charge on any atom is 0.275 e. The van der Waals surface area contributed by atoms with Gasteiger partial charge in [0.25, 0.3) is 5.91 Å². The van der Waals surface area contributed by atoms with E-state index >= 15 is 0 Å². The number of rotatable bonds is 9. The van der Waals surface area contributed by atoms with Crippen molar-refractivity contribution in [3.05, 3.63) is 36.3 Å². The zero-order valence-electron chi connectivity index (χ0n) is 15.6. The van der Waals surface area contributed by atoms with Crippen LogP contribution >= 0.6 is 0 Å². The molecule has 2 rings (SSSR count). The lowest BCUT2D eigenvalue weighted by atomic mass is 10.2. The number of ether oxygens (including phenoxy) is 2. The maximum atomic E-state index is 12.4. The molecule has 0 aliphatic heterocycles. The number of anilines is 2. The highest BCUT2D eigenvalue weighted by atomic mass is 16.5. The topological polar surface area (TPSA) is 88.6 Å². The standard InChI is InChI=1S/C18H25N5O3/c1-23(2)9-5-8-19-17-12-20-15(11-21-17)18(24)22-14-7-6-13(25-3)10-16(14)26-4/h6-7,10-12H,5,8-9H2,1-4H3,(H,19,21)(H,22,24). The molecule has 0 spiro atoms. The van der Waals surface area contributed by atoms with Crippen molar-refractivity contribution in [3.63, 3.8) is 0 Å². The molecule has 8 nitrogen and oxygen atoms in total. The third kappa shape index (κ3) is 5.59. The highest BCUT2D eigenvalue weighted by Gasteiger charge is 2.12. The summed E-state index contributed by atoms with van der Waals surface area (Å²) in [4.78, 5) is 22.9. The second-order valence-electron chi connectivity index (χ2n) is 5.89. The molecular weight excluding hydrogens is 334 g/mol. The average molecular weight is 359 g/mol. The van der Waals surface area contributed by atoms with E-state index in [1.165, 1.54) is 13.3 Å². The molecule has 0 radical (unpaired) electrons. The fourth-order valence-electron chi connectivity index (χ4n) is 2.24. The molecule has 0 aliphatic carbocycles. The Morgan fingerprint density at radius 3 is 2.58 bits per heavy atom. The number of carbonyl (C=O) groups is 1. The van der Waals surface area contributed by atoms with Gasteiger partial charge in [-0.05, 0) is 39.2 Å². The summed E-state index contributed by atoms with van der Waals surface area (Å²) in [6, 6.07) is 5.15. The van der Waals surface area contributed by atoms with Crippen LogP contribution < -0.4 is 20.1 Å². The van der Waals surface area contributed by atoms with Gasteiger partial charge < -0.3 is 25.0 Å². The minimum atomic E-state index is -0.361. The van der Waals surface area contributed by atoms with E-state index in [-0.39, 0.29) is 11.6 Å². The molecule has 0 bridgehead atoms. The number of benzene rings is 1. The van der Waals surface area contributed by atoms with Crippen LogP contribution in [0.1, 0.15) is 16.9 Å². The van der Waals surface area contributed by atoms with Crippen LogP contribution in [0.25, 0.3) is 0 Å². The first-order chi connectivity index (χ1) is 12.5. The monoisotopic (exact) mass is 359 g/mol. The van der Waals surface area contributed by atoms with Gasteiger partial charge in [0.1, 0.15) is 23.0 Å². The van der Waals surface area contributed by atoms with Gasteiger partial charge in [0.2, 0.25) is 0 Å². The highest BCUT2D eigenvalue weighted by molar-refractivity contribution is 6.03. The van der Waals surface area contributed by atoms with E-state index < -0.39 is 0 Å². The zero-order valence-corrected chi connectivity index (χ0v) is 15.6. The van der Waals surface area contributed by atoms with Crippen LogP contribution in [0.15, 0.2) is 30.6 Å². The molecule has 2 N–H and O–H groups in total. The quantitative estimate of drug-likeness (QED) is 0.663. The SMILES string of the molecule is COc1ccc(NC(=O)c2cnc(NCCCN(C)C)cn2)c(OC)c1. The Kier molecular flexibility index (Phi) is 7.16. The lowest BCUT2D eigenvalue weighted by Gasteiger charge is -2.12. The second-order valence-corrected chi connectivity index (χ2v) is 5.89. The summed E-state index contributed by atoms with van der Waals surface area (Å²) < 4.78 is 10.4. The van der Waals surface area contributed by atoms with Crippen LogP contribution in [0.5, 0.6) is 11.5 Å². The molecule has 0 saturated carbocycles. The fraction of sp³-hybridized carbons (Fsp3) is 0.389. The Hall–Kier alpha value is -2.87. The summed E-state index contributed by atoms with van der Waals surface area (Å²) in [6.07, 6.45) is 3.99. The summed E-state index contributed by atoms with van der Waals surface area (Å²) in [5.41, 5.74) is 0.757. The second kappa shape index (κ2) is 9.57. The smallest absolute Gasteiger partial charge is 0.275 e. The number of aromatic nitrogens is 2. The molecule has 0 unspecified atom stereocenters. The van der Waals surface area contributed by atoms with Gasteiger partial charge in [0, 0.05) is 12.6 Å². The molecule has 1 heterocycles. The number of nitrogens with zero attached hydrogens (tertiary/aromatic N) is 3. The van der Waals surface area contributed by atoms with E-state index in [9.17, 15) is 4.79 Å². The maximum absolute atomic E-state index is 12.4. The summed E-state index contributed by atoms with van der Waals surface area (Å²) in [5, 5.41) is 5.95. The summed E-state index contributed by atoms with van der Waals surface area (Å²) in [5.74, 6) is 1.43. The van der Waals surface area contributed by atoms with Gasteiger partial charge in [0.15, 0.2) is 0 Å². The minimum absolute atomic E-state index is 0.224. The number of hydrogen-bond acceptors (Lipinski definition) is 7. The first-order valence-electron chi connectivity index (χ1n) is 8.27. The predicted molar refractivity (Wildman–Crippen MR) is 101 cm³/mol. The van der Waals surface area contributed by atoms with Crippen molar-refractivity contribution in [3.8, 4) is 11.5 Å². The van der Waals surface area contributed by atoms with Crippen LogP contribution in [-0.4, -0.2) is 62.2 Å². The van der Waals surface area contributed by atoms with E-state index in [0.29, 0.717) is 23.0 Å². The third-order valence-electron chi connectivity index (χ3n) is 3.63. The summed E-state index contributed by atoms with van der Waals surface area (Å²) >= 11 is 0. The fourth-order valence-corrected chi connectivity index (χ4v) is 2.24. The minimum Gasteiger partial charge on any atom is -0.497 e. The van der Waals surface area contributed by atoms with Crippen molar-refractivity contribution in [2.75, 3.05) is 52.0 Å². The van der Waals surface area contributed by atoms with Gasteiger partial charge in [0.05, 0.1) is 32.3 Å². The van der Waals surface area contributed by atoms with Crippen molar-refractivity contribution in [1.29, 1.82) is 0 Å². The van der Waals surface area contributed by atoms with Crippen molar-refractivity contribution in [1.82, 2.24) is 14.9 Å². The van der Waals surface area contributed by atoms with Gasteiger partial charge in [-0.3, -0.25) is 4.79 Å². The molecule has 8 heteroatoms. The molecule has 0 aliphatic rings. The van der Waals surface area contributed by atoms with Crippen LogP contribution in [0.3, 0.4) is 0 Å². The van der Waals surface area contributed by atoms with Crippen molar-refractivity contribution >= 4 is 17.4 Å². The largest absolute Gasteiger partial charge is 0.497 e. The first-order valence-corrected chi connectivity index (χ1v) is 8.27. The number of amides is 1. The van der Waals surface area contributed by atoms with Gasteiger partial charge >= 0.3 is 0 Å². The van der Waals surface area contributed by atoms with E-state index in [0.717, 1.165) is 19.5 Å². The van der Waals surface area contributed by atoms with Gasteiger partial charge in [-0.1, -0.05) is 0 Å². The molecule has 140 valence electrons. The highest BCUT2D eigenvalue weighted by Crippen LogP contribution is 2.29. The Labute approximate surface area is 153 Å². The third-order valence-corrected chi connectivity index (χ3v) is 3.63. The molecule has 0 saturated heterocycles. The van der Waals surface area contributed by atoms with Crippen LogP contribution in [-0.2, 0) is 0 Å². The Morgan fingerprint density at radius 1 is 1.15 bits per heavy atom. The molecule has 1 amide bonds.